The molecule has 0 N–H and O–H groups in total. The molecule has 0 aliphatic rings. The normalized spacial score (nSPS) is 12.1. The predicted molar refractivity (Wildman–Crippen MR) is 188 cm³/mol. The molecule has 7 heteroatoms. The maximum absolute atomic E-state index is 13.2. The molecule has 0 saturated heterocycles. The van der Waals surface area contributed by atoms with Crippen molar-refractivity contribution in [3.8, 4) is 0 Å². The number of ether oxygens (including phenoxy) is 4. The first-order valence-corrected chi connectivity index (χ1v) is 19.1. The number of methoxy groups -OCH3 is 2. The summed E-state index contributed by atoms with van der Waals surface area (Å²) in [4.78, 5) is 28.1. The van der Waals surface area contributed by atoms with Crippen LogP contribution >= 0.6 is 0 Å². The summed E-state index contributed by atoms with van der Waals surface area (Å²) in [5, 5.41) is 0. The molecule has 0 aromatic heterocycles. The van der Waals surface area contributed by atoms with Crippen molar-refractivity contribution in [2.75, 3.05) is 53.7 Å². The Morgan fingerprint density at radius 3 is 1.16 bits per heavy atom. The van der Waals surface area contributed by atoms with Crippen molar-refractivity contribution in [1.29, 1.82) is 0 Å². The van der Waals surface area contributed by atoms with Crippen molar-refractivity contribution in [3.05, 3.63) is 0 Å². The molecule has 0 aromatic rings. The van der Waals surface area contributed by atoms with Crippen LogP contribution in [0, 0.1) is 0 Å². The molecule has 1 unspecified atom stereocenters. The zero-order valence-corrected chi connectivity index (χ0v) is 30.4. The minimum absolute atomic E-state index is 0.00599. The summed E-state index contributed by atoms with van der Waals surface area (Å²) in [6, 6.07) is -0.627. The summed E-state index contributed by atoms with van der Waals surface area (Å²) in [6.07, 6.45) is 31.1. The minimum Gasteiger partial charge on any atom is -0.463 e. The fraction of sp³-hybridized carbons (Fsp3) is 0.947. The molecule has 0 aromatic carbocycles. The molecule has 45 heavy (non-hydrogen) atoms. The van der Waals surface area contributed by atoms with Crippen LogP contribution in [0.15, 0.2) is 0 Å². The molecule has 0 spiro atoms. The van der Waals surface area contributed by atoms with Crippen molar-refractivity contribution >= 4 is 11.9 Å². The molecule has 0 aliphatic carbocycles. The maximum Gasteiger partial charge on any atom is 0.324 e. The summed E-state index contributed by atoms with van der Waals surface area (Å²) in [5.41, 5.74) is 0. The molecule has 1 atom stereocenters. The third kappa shape index (κ3) is 29.9. The number of nitrogens with zero attached hydrogens (tertiary/aromatic N) is 1. The van der Waals surface area contributed by atoms with Crippen LogP contribution in [-0.2, 0) is 28.5 Å². The number of hydrogen-bond acceptors (Lipinski definition) is 7. The van der Waals surface area contributed by atoms with Crippen LogP contribution in [0.25, 0.3) is 0 Å². The Labute approximate surface area is 279 Å². The van der Waals surface area contributed by atoms with E-state index in [2.05, 4.69) is 18.7 Å². The summed E-state index contributed by atoms with van der Waals surface area (Å²) in [7, 11) is 3.17. The average Bonchev–Trinajstić information content (AvgIpc) is 3.04. The number of hydrogen-bond donors (Lipinski definition) is 0. The highest BCUT2D eigenvalue weighted by atomic mass is 16.6. The van der Waals surface area contributed by atoms with Gasteiger partial charge in [0, 0.05) is 14.2 Å². The van der Waals surface area contributed by atoms with Crippen molar-refractivity contribution in [1.82, 2.24) is 4.90 Å². The van der Waals surface area contributed by atoms with Crippen LogP contribution in [-0.4, -0.2) is 76.6 Å². The number of carbonyl (C=O) groups is 2. The van der Waals surface area contributed by atoms with Crippen molar-refractivity contribution < 1.29 is 28.5 Å². The topological polar surface area (TPSA) is 74.3 Å². The smallest absolute Gasteiger partial charge is 0.324 e. The zero-order chi connectivity index (χ0) is 33.1. The van der Waals surface area contributed by atoms with E-state index in [1.165, 1.54) is 128 Å². The highest BCUT2D eigenvalue weighted by Gasteiger charge is 2.30. The molecule has 0 bridgehead atoms. The van der Waals surface area contributed by atoms with E-state index >= 15 is 0 Å². The molecular weight excluding hydrogens is 566 g/mol. The van der Waals surface area contributed by atoms with Gasteiger partial charge in [-0.3, -0.25) is 14.5 Å². The molecule has 7 nitrogen and oxygen atoms in total. The van der Waals surface area contributed by atoms with E-state index in [1.807, 2.05) is 0 Å². The first kappa shape index (κ1) is 43.8. The number of carbonyl (C=O) groups excluding carboxylic acids is 2. The van der Waals surface area contributed by atoms with Crippen LogP contribution < -0.4 is 0 Å². The predicted octanol–water partition coefficient (Wildman–Crippen LogP) is 9.83. The standard InChI is InChI=1S/C38H75NO6/c1-5-7-9-11-13-15-17-19-21-23-25-27-29-39(30-28-26-24-22-20-18-16-14-12-10-8-6-2)36(38(41)45-34-32-43-4)35-37(40)44-33-31-42-3/h36H,5-35H2,1-4H3. The van der Waals surface area contributed by atoms with E-state index in [1.54, 1.807) is 14.2 Å². The van der Waals surface area contributed by atoms with E-state index in [0.29, 0.717) is 13.2 Å². The van der Waals surface area contributed by atoms with Crippen molar-refractivity contribution in [2.45, 2.75) is 180 Å². The van der Waals surface area contributed by atoms with E-state index in [-0.39, 0.29) is 31.6 Å². The highest BCUT2D eigenvalue weighted by molar-refractivity contribution is 5.82. The Hall–Kier alpha value is -1.18. The van der Waals surface area contributed by atoms with Gasteiger partial charge in [-0.05, 0) is 25.9 Å². The van der Waals surface area contributed by atoms with Gasteiger partial charge in [-0.15, -0.1) is 0 Å². The van der Waals surface area contributed by atoms with Gasteiger partial charge in [0.25, 0.3) is 0 Å². The van der Waals surface area contributed by atoms with E-state index in [9.17, 15) is 9.59 Å². The van der Waals surface area contributed by atoms with Crippen molar-refractivity contribution in [2.24, 2.45) is 0 Å². The molecule has 0 aliphatic heterocycles. The Morgan fingerprint density at radius 1 is 0.467 bits per heavy atom. The highest BCUT2D eigenvalue weighted by Crippen LogP contribution is 2.17. The first-order valence-electron chi connectivity index (χ1n) is 19.1. The van der Waals surface area contributed by atoms with Crippen LogP contribution in [0.3, 0.4) is 0 Å². The quantitative estimate of drug-likeness (QED) is 0.0498. The summed E-state index contributed by atoms with van der Waals surface area (Å²) in [5.74, 6) is -0.733. The Morgan fingerprint density at radius 2 is 0.800 bits per heavy atom. The molecule has 0 amide bonds. The molecule has 268 valence electrons. The first-order chi connectivity index (χ1) is 22.1. The van der Waals surface area contributed by atoms with Gasteiger partial charge in [0.05, 0.1) is 19.6 Å². The third-order valence-electron chi connectivity index (χ3n) is 8.75. The SMILES string of the molecule is CCCCCCCCCCCCCCN(CCCCCCCCCCCCCC)C(CC(=O)OCCOC)C(=O)OCCOC. The second-order valence-electron chi connectivity index (χ2n) is 12.9. The molecule has 0 radical (unpaired) electrons. The maximum atomic E-state index is 13.2. The summed E-state index contributed by atoms with van der Waals surface area (Å²) in [6.45, 7) is 7.20. The fourth-order valence-corrected chi connectivity index (χ4v) is 5.87. The van der Waals surface area contributed by atoms with Crippen LogP contribution in [0.4, 0.5) is 0 Å². The summed E-state index contributed by atoms with van der Waals surface area (Å²) < 4.78 is 21.0. The third-order valence-corrected chi connectivity index (χ3v) is 8.75. The van der Waals surface area contributed by atoms with Gasteiger partial charge in [-0.25, -0.2) is 0 Å². The average molecular weight is 642 g/mol. The van der Waals surface area contributed by atoms with E-state index in [0.717, 1.165) is 38.8 Å². The summed E-state index contributed by atoms with van der Waals surface area (Å²) >= 11 is 0. The Balaban J connectivity index is 4.77. The molecule has 0 saturated carbocycles. The lowest BCUT2D eigenvalue weighted by Gasteiger charge is -2.30. The number of unbranched alkanes of at least 4 members (excludes halogenated alkanes) is 22. The van der Waals surface area contributed by atoms with Gasteiger partial charge in [0.1, 0.15) is 19.3 Å². The zero-order valence-electron chi connectivity index (χ0n) is 30.4. The Bertz CT molecular complexity index is 603. The van der Waals surface area contributed by atoms with Gasteiger partial charge >= 0.3 is 11.9 Å². The molecule has 0 rings (SSSR count). The monoisotopic (exact) mass is 642 g/mol. The van der Waals surface area contributed by atoms with Gasteiger partial charge in [0.15, 0.2) is 0 Å². The largest absolute Gasteiger partial charge is 0.463 e. The molecular formula is C38H75NO6. The fourth-order valence-electron chi connectivity index (χ4n) is 5.87. The lowest BCUT2D eigenvalue weighted by Crippen LogP contribution is -2.45. The lowest BCUT2D eigenvalue weighted by molar-refractivity contribution is -0.158. The van der Waals surface area contributed by atoms with Gasteiger partial charge in [-0.1, -0.05) is 155 Å². The van der Waals surface area contributed by atoms with Crippen LogP contribution in [0.1, 0.15) is 174 Å². The van der Waals surface area contributed by atoms with Crippen LogP contribution in [0.5, 0.6) is 0 Å². The van der Waals surface area contributed by atoms with Gasteiger partial charge < -0.3 is 18.9 Å². The second-order valence-corrected chi connectivity index (χ2v) is 12.9. The van der Waals surface area contributed by atoms with Gasteiger partial charge in [-0.2, -0.15) is 0 Å². The molecule has 0 fully saturated rings. The van der Waals surface area contributed by atoms with Gasteiger partial charge in [0.2, 0.25) is 0 Å². The number of esters is 2. The lowest BCUT2D eigenvalue weighted by atomic mass is 10.0. The van der Waals surface area contributed by atoms with E-state index < -0.39 is 6.04 Å². The minimum atomic E-state index is -0.627. The molecule has 0 heterocycles. The second kappa shape index (κ2) is 35.7. The van der Waals surface area contributed by atoms with E-state index in [4.69, 9.17) is 18.9 Å². The number of rotatable bonds is 36. The van der Waals surface area contributed by atoms with Crippen LogP contribution in [0.2, 0.25) is 0 Å². The Kier molecular flexibility index (Phi) is 34.7. The van der Waals surface area contributed by atoms with Crippen molar-refractivity contribution in [3.63, 3.8) is 0 Å².